The van der Waals surface area contributed by atoms with E-state index in [1.807, 2.05) is 6.07 Å². The second-order valence-electron chi connectivity index (χ2n) is 3.76. The Morgan fingerprint density at radius 3 is 2.93 bits per heavy atom. The number of allylic oxidation sites excluding steroid dienone is 4. The van der Waals surface area contributed by atoms with Crippen LogP contribution in [0.25, 0.3) is 0 Å². The van der Waals surface area contributed by atoms with E-state index in [0.717, 1.165) is 17.0 Å². The fourth-order valence-electron chi connectivity index (χ4n) is 1.77. The normalized spacial score (nSPS) is 25.3. The molecule has 1 aliphatic rings. The van der Waals surface area contributed by atoms with Crippen molar-refractivity contribution in [3.63, 3.8) is 0 Å². The third-order valence-corrected chi connectivity index (χ3v) is 2.94. The lowest BCUT2D eigenvalue weighted by Gasteiger charge is -2.27. The van der Waals surface area contributed by atoms with Crippen molar-refractivity contribution >= 4 is 11.6 Å². The van der Waals surface area contributed by atoms with E-state index < -0.39 is 0 Å². The van der Waals surface area contributed by atoms with Crippen molar-refractivity contribution in [2.24, 2.45) is 0 Å². The third-order valence-electron chi connectivity index (χ3n) is 2.64. The number of hydrogen-bond donors (Lipinski definition) is 0. The van der Waals surface area contributed by atoms with Crippen molar-refractivity contribution in [1.29, 1.82) is 0 Å². The Balaban J connectivity index is 2.44. The van der Waals surface area contributed by atoms with Crippen LogP contribution in [0.2, 0.25) is 5.02 Å². The topological polar surface area (TPSA) is 12.9 Å². The quantitative estimate of drug-likeness (QED) is 0.684. The number of halogens is 1. The molecule has 1 aromatic rings. The van der Waals surface area contributed by atoms with E-state index in [4.69, 9.17) is 11.6 Å². The van der Waals surface area contributed by atoms with Crippen LogP contribution >= 0.6 is 11.6 Å². The summed E-state index contributed by atoms with van der Waals surface area (Å²) in [7, 11) is 0. The summed E-state index contributed by atoms with van der Waals surface area (Å²) in [5, 5.41) is 0.745. The van der Waals surface area contributed by atoms with Gasteiger partial charge in [-0.15, -0.1) is 0 Å². The van der Waals surface area contributed by atoms with E-state index in [-0.39, 0.29) is 5.41 Å². The molecule has 14 heavy (non-hydrogen) atoms. The van der Waals surface area contributed by atoms with Gasteiger partial charge in [0.2, 0.25) is 0 Å². The van der Waals surface area contributed by atoms with Gasteiger partial charge in [-0.25, -0.2) is 0 Å². The number of nitrogens with zero attached hydrogens (tertiary/aromatic N) is 1. The Morgan fingerprint density at radius 2 is 2.29 bits per heavy atom. The monoisotopic (exact) mass is 205 g/mol. The first kappa shape index (κ1) is 9.47. The van der Waals surface area contributed by atoms with Gasteiger partial charge in [0.15, 0.2) is 0 Å². The van der Waals surface area contributed by atoms with Gasteiger partial charge in [-0.1, -0.05) is 42.8 Å². The summed E-state index contributed by atoms with van der Waals surface area (Å²) in [5.74, 6) is 0. The minimum absolute atomic E-state index is 0.0226. The molecule has 0 N–H and O–H groups in total. The van der Waals surface area contributed by atoms with Crippen LogP contribution < -0.4 is 0 Å². The highest BCUT2D eigenvalue weighted by molar-refractivity contribution is 6.31. The van der Waals surface area contributed by atoms with Crippen molar-refractivity contribution in [2.75, 3.05) is 0 Å². The number of pyridine rings is 1. The average molecular weight is 206 g/mol. The van der Waals surface area contributed by atoms with Crippen LogP contribution in [-0.2, 0) is 5.41 Å². The zero-order valence-corrected chi connectivity index (χ0v) is 8.83. The highest BCUT2D eigenvalue weighted by atomic mass is 35.5. The lowest BCUT2D eigenvalue weighted by atomic mass is 9.78. The second kappa shape index (κ2) is 3.58. The van der Waals surface area contributed by atoms with Gasteiger partial charge in [0.1, 0.15) is 0 Å². The molecule has 0 fully saturated rings. The second-order valence-corrected chi connectivity index (χ2v) is 4.17. The SMILES string of the molecule is CC1(c2ccncc2Cl)C=CC=CC1. The number of hydrogen-bond acceptors (Lipinski definition) is 1. The van der Waals surface area contributed by atoms with E-state index in [0.29, 0.717) is 0 Å². The van der Waals surface area contributed by atoms with Crippen molar-refractivity contribution in [3.05, 3.63) is 53.4 Å². The maximum atomic E-state index is 6.13. The maximum absolute atomic E-state index is 6.13. The third kappa shape index (κ3) is 1.60. The maximum Gasteiger partial charge on any atom is 0.0630 e. The Hall–Kier alpha value is -1.08. The Bertz CT molecular complexity index is 395. The molecule has 0 aliphatic heterocycles. The lowest BCUT2D eigenvalue weighted by Crippen LogP contribution is -2.19. The van der Waals surface area contributed by atoms with Crippen molar-refractivity contribution in [1.82, 2.24) is 4.98 Å². The molecule has 2 rings (SSSR count). The molecule has 1 unspecified atom stereocenters. The van der Waals surface area contributed by atoms with E-state index in [1.165, 1.54) is 0 Å². The van der Waals surface area contributed by atoms with E-state index in [9.17, 15) is 0 Å². The van der Waals surface area contributed by atoms with Gasteiger partial charge in [0.05, 0.1) is 5.02 Å². The van der Waals surface area contributed by atoms with Crippen LogP contribution in [0, 0.1) is 0 Å². The van der Waals surface area contributed by atoms with Crippen LogP contribution in [0.1, 0.15) is 18.9 Å². The number of aromatic nitrogens is 1. The Labute approximate surface area is 89.1 Å². The summed E-state index contributed by atoms with van der Waals surface area (Å²) < 4.78 is 0. The van der Waals surface area contributed by atoms with Crippen molar-refractivity contribution in [3.8, 4) is 0 Å². The molecule has 0 saturated heterocycles. The molecule has 1 nitrogen and oxygen atoms in total. The van der Waals surface area contributed by atoms with Crippen LogP contribution in [-0.4, -0.2) is 4.98 Å². The molecule has 0 radical (unpaired) electrons. The molecule has 1 atom stereocenters. The highest BCUT2D eigenvalue weighted by Gasteiger charge is 2.25. The predicted octanol–water partition coefficient (Wildman–Crippen LogP) is 3.51. The predicted molar refractivity (Wildman–Crippen MR) is 59.5 cm³/mol. The summed E-state index contributed by atoms with van der Waals surface area (Å²) in [6.45, 7) is 2.19. The molecule has 0 spiro atoms. The van der Waals surface area contributed by atoms with Gasteiger partial charge in [-0.2, -0.15) is 0 Å². The molecule has 2 heteroatoms. The largest absolute Gasteiger partial charge is 0.263 e. The van der Waals surface area contributed by atoms with Crippen LogP contribution in [0.5, 0.6) is 0 Å². The molecular formula is C12H12ClN. The van der Waals surface area contributed by atoms with Gasteiger partial charge >= 0.3 is 0 Å². The molecule has 0 saturated carbocycles. The molecule has 72 valence electrons. The molecular weight excluding hydrogens is 194 g/mol. The van der Waals surface area contributed by atoms with Crippen molar-refractivity contribution in [2.45, 2.75) is 18.8 Å². The Kier molecular flexibility index (Phi) is 2.42. The lowest BCUT2D eigenvalue weighted by molar-refractivity contribution is 0.599. The first-order valence-electron chi connectivity index (χ1n) is 4.67. The Morgan fingerprint density at radius 1 is 1.43 bits per heavy atom. The van der Waals surface area contributed by atoms with Gasteiger partial charge in [-0.3, -0.25) is 4.98 Å². The summed E-state index contributed by atoms with van der Waals surface area (Å²) in [6.07, 6.45) is 13.0. The van der Waals surface area contributed by atoms with E-state index in [1.54, 1.807) is 12.4 Å². The standard InChI is InChI=1S/C12H12ClN/c1-12(6-3-2-4-7-12)10-5-8-14-9-11(10)13/h2-6,8-9H,7H2,1H3. The van der Waals surface area contributed by atoms with Gasteiger partial charge in [0, 0.05) is 17.8 Å². The summed E-state index contributed by atoms with van der Waals surface area (Å²) in [4.78, 5) is 4.00. The van der Waals surface area contributed by atoms with Gasteiger partial charge in [0.25, 0.3) is 0 Å². The summed E-state index contributed by atoms with van der Waals surface area (Å²) >= 11 is 6.13. The van der Waals surface area contributed by atoms with E-state index >= 15 is 0 Å². The van der Waals surface area contributed by atoms with Gasteiger partial charge < -0.3 is 0 Å². The van der Waals surface area contributed by atoms with Gasteiger partial charge in [-0.05, 0) is 18.1 Å². The van der Waals surface area contributed by atoms with Crippen molar-refractivity contribution < 1.29 is 0 Å². The minimum atomic E-state index is 0.0226. The van der Waals surface area contributed by atoms with Crippen LogP contribution in [0.4, 0.5) is 0 Å². The highest BCUT2D eigenvalue weighted by Crippen LogP contribution is 2.35. The molecule has 0 amide bonds. The van der Waals surface area contributed by atoms with Crippen LogP contribution in [0.3, 0.4) is 0 Å². The molecule has 0 aromatic carbocycles. The fraction of sp³-hybridized carbons (Fsp3) is 0.250. The first-order chi connectivity index (χ1) is 6.72. The summed E-state index contributed by atoms with van der Waals surface area (Å²) in [6, 6.07) is 1.99. The average Bonchev–Trinajstić information content (AvgIpc) is 2.19. The number of rotatable bonds is 1. The zero-order valence-electron chi connectivity index (χ0n) is 8.07. The smallest absolute Gasteiger partial charge is 0.0630 e. The zero-order chi connectivity index (χ0) is 10.0. The van der Waals surface area contributed by atoms with Crippen LogP contribution in [0.15, 0.2) is 42.8 Å². The molecule has 1 aliphatic carbocycles. The minimum Gasteiger partial charge on any atom is -0.263 e. The fourth-order valence-corrected chi connectivity index (χ4v) is 2.10. The molecule has 0 bridgehead atoms. The van der Waals surface area contributed by atoms with E-state index in [2.05, 4.69) is 36.2 Å². The first-order valence-corrected chi connectivity index (χ1v) is 5.04. The molecule has 1 aromatic heterocycles. The molecule has 1 heterocycles. The summed E-state index contributed by atoms with van der Waals surface area (Å²) in [5.41, 5.74) is 1.17.